The number of nitro benzene ring substituents is 1. The first-order valence-corrected chi connectivity index (χ1v) is 8.42. The first kappa shape index (κ1) is 16.5. The maximum absolute atomic E-state index is 13.0. The van der Waals surface area contributed by atoms with Crippen LogP contribution in [0.3, 0.4) is 0 Å². The van der Waals surface area contributed by atoms with E-state index in [1.807, 2.05) is 0 Å². The van der Waals surface area contributed by atoms with Gasteiger partial charge in [0.1, 0.15) is 5.82 Å². The Morgan fingerprint density at radius 3 is 2.71 bits per heavy atom. The fourth-order valence-corrected chi connectivity index (χ4v) is 3.33. The summed E-state index contributed by atoms with van der Waals surface area (Å²) in [6, 6.07) is 10.5. The highest BCUT2D eigenvalue weighted by atomic mass is 79.9. The molecule has 0 unspecified atom stereocenters. The number of nitro groups is 1. The number of non-ortho nitro benzene ring substituents is 1. The highest BCUT2D eigenvalue weighted by molar-refractivity contribution is 9.10. The quantitative estimate of drug-likeness (QED) is 0.362. The van der Waals surface area contributed by atoms with Crippen LogP contribution < -0.4 is 0 Å². The number of tetrazole rings is 1. The molecule has 0 atom stereocenters. The van der Waals surface area contributed by atoms with Gasteiger partial charge in [0.2, 0.25) is 5.16 Å². The van der Waals surface area contributed by atoms with Crippen LogP contribution >= 0.6 is 27.7 Å². The summed E-state index contributed by atoms with van der Waals surface area (Å²) < 4.78 is 15.1. The zero-order valence-corrected chi connectivity index (χ0v) is 14.4. The van der Waals surface area contributed by atoms with Crippen LogP contribution in [0.2, 0.25) is 0 Å². The van der Waals surface area contributed by atoms with E-state index in [9.17, 15) is 14.5 Å². The van der Waals surface area contributed by atoms with Crippen molar-refractivity contribution in [3.8, 4) is 5.69 Å². The van der Waals surface area contributed by atoms with Crippen LogP contribution in [0.15, 0.2) is 52.1 Å². The lowest BCUT2D eigenvalue weighted by Gasteiger charge is -2.05. The maximum atomic E-state index is 13.0. The molecule has 7 nitrogen and oxygen atoms in total. The van der Waals surface area contributed by atoms with Gasteiger partial charge in [-0.2, -0.15) is 4.68 Å². The van der Waals surface area contributed by atoms with E-state index in [0.717, 1.165) is 5.56 Å². The van der Waals surface area contributed by atoms with E-state index in [0.29, 0.717) is 21.1 Å². The molecule has 3 rings (SSSR count). The Bertz CT molecular complexity index is 887. The third-order valence-corrected chi connectivity index (χ3v) is 4.48. The van der Waals surface area contributed by atoms with E-state index in [1.165, 1.54) is 40.7 Å². The second-order valence-corrected chi connectivity index (χ2v) is 6.57. The molecule has 0 bridgehead atoms. The summed E-state index contributed by atoms with van der Waals surface area (Å²) in [5.41, 5.74) is 1.40. The molecule has 3 aromatic rings. The average Bonchev–Trinajstić information content (AvgIpc) is 3.01. The Hall–Kier alpha value is -2.33. The van der Waals surface area contributed by atoms with Gasteiger partial charge in [-0.1, -0.05) is 27.7 Å². The summed E-state index contributed by atoms with van der Waals surface area (Å²) in [5, 5.41) is 22.9. The Labute approximate surface area is 148 Å². The van der Waals surface area contributed by atoms with E-state index < -0.39 is 4.92 Å². The predicted molar refractivity (Wildman–Crippen MR) is 89.5 cm³/mol. The zero-order valence-electron chi connectivity index (χ0n) is 12.0. The minimum Gasteiger partial charge on any atom is -0.258 e. The standard InChI is InChI=1S/C14H9BrFN5O2S/c15-10-5-9(6-13(7-10)21(22)23)8-24-14-17-18-19-20(14)12-3-1-11(16)2-4-12/h1-7H,8H2. The first-order chi connectivity index (χ1) is 11.5. The number of nitrogens with zero attached hydrogens (tertiary/aromatic N) is 5. The fourth-order valence-electron chi connectivity index (χ4n) is 1.98. The van der Waals surface area contributed by atoms with E-state index in [4.69, 9.17) is 0 Å². The van der Waals surface area contributed by atoms with Crippen molar-refractivity contribution in [2.24, 2.45) is 0 Å². The van der Waals surface area contributed by atoms with Gasteiger partial charge in [-0.3, -0.25) is 10.1 Å². The van der Waals surface area contributed by atoms with E-state index in [-0.39, 0.29) is 11.5 Å². The normalized spacial score (nSPS) is 10.8. The smallest absolute Gasteiger partial charge is 0.258 e. The van der Waals surface area contributed by atoms with Crippen LogP contribution in [-0.4, -0.2) is 25.1 Å². The molecule has 0 spiro atoms. The number of thioether (sulfide) groups is 1. The van der Waals surface area contributed by atoms with Crippen molar-refractivity contribution in [1.82, 2.24) is 20.2 Å². The summed E-state index contributed by atoms with van der Waals surface area (Å²) in [6.45, 7) is 0. The lowest BCUT2D eigenvalue weighted by molar-refractivity contribution is -0.385. The highest BCUT2D eigenvalue weighted by Crippen LogP contribution is 2.27. The lowest BCUT2D eigenvalue weighted by Crippen LogP contribution is -1.99. The van der Waals surface area contributed by atoms with Gasteiger partial charge in [0.05, 0.1) is 10.6 Å². The van der Waals surface area contributed by atoms with Gasteiger partial charge in [0.15, 0.2) is 0 Å². The molecule has 0 aliphatic heterocycles. The molecule has 0 fully saturated rings. The molecule has 2 aromatic carbocycles. The van der Waals surface area contributed by atoms with Gasteiger partial charge < -0.3 is 0 Å². The molecular formula is C14H9BrFN5O2S. The number of aromatic nitrogens is 4. The molecule has 0 N–H and O–H groups in total. The minimum absolute atomic E-state index is 0.0121. The van der Waals surface area contributed by atoms with E-state index in [2.05, 4.69) is 31.5 Å². The molecule has 10 heteroatoms. The Morgan fingerprint density at radius 2 is 2.00 bits per heavy atom. The van der Waals surface area contributed by atoms with Crippen molar-refractivity contribution < 1.29 is 9.31 Å². The Kier molecular flexibility index (Phi) is 4.86. The predicted octanol–water partition coefficient (Wildman–Crippen LogP) is 3.76. The highest BCUT2D eigenvalue weighted by Gasteiger charge is 2.12. The number of benzene rings is 2. The summed E-state index contributed by atoms with van der Waals surface area (Å²) in [5.74, 6) is 0.101. The summed E-state index contributed by atoms with van der Waals surface area (Å²) in [4.78, 5) is 10.5. The molecule has 1 heterocycles. The van der Waals surface area contributed by atoms with Gasteiger partial charge >= 0.3 is 0 Å². The minimum atomic E-state index is -0.443. The third kappa shape index (κ3) is 3.77. The van der Waals surface area contributed by atoms with Gasteiger partial charge in [-0.05, 0) is 46.3 Å². The maximum Gasteiger partial charge on any atom is 0.270 e. The number of rotatable bonds is 5. The van der Waals surface area contributed by atoms with Gasteiger partial charge in [-0.15, -0.1) is 5.10 Å². The topological polar surface area (TPSA) is 86.7 Å². The Balaban J connectivity index is 1.80. The second kappa shape index (κ2) is 7.05. The SMILES string of the molecule is O=[N+]([O-])c1cc(Br)cc(CSc2nnnn2-c2ccc(F)cc2)c1. The van der Waals surface area contributed by atoms with Crippen LogP contribution in [0, 0.1) is 15.9 Å². The average molecular weight is 410 g/mol. The molecule has 24 heavy (non-hydrogen) atoms. The van der Waals surface area contributed by atoms with E-state index >= 15 is 0 Å². The summed E-state index contributed by atoms with van der Waals surface area (Å²) in [7, 11) is 0. The van der Waals surface area contributed by atoms with Gasteiger partial charge in [0.25, 0.3) is 5.69 Å². The monoisotopic (exact) mass is 409 g/mol. The third-order valence-electron chi connectivity index (χ3n) is 3.03. The van der Waals surface area contributed by atoms with Crippen LogP contribution in [-0.2, 0) is 5.75 Å². The van der Waals surface area contributed by atoms with Crippen LogP contribution in [0.1, 0.15) is 5.56 Å². The summed E-state index contributed by atoms with van der Waals surface area (Å²) in [6.07, 6.45) is 0. The molecule has 0 saturated heterocycles. The second-order valence-electron chi connectivity index (χ2n) is 4.71. The van der Waals surface area contributed by atoms with Crippen molar-refractivity contribution in [2.45, 2.75) is 10.9 Å². The molecule has 0 saturated carbocycles. The summed E-state index contributed by atoms with van der Waals surface area (Å²) >= 11 is 4.59. The molecule has 0 aliphatic rings. The lowest BCUT2D eigenvalue weighted by atomic mass is 10.2. The van der Waals surface area contributed by atoms with Crippen molar-refractivity contribution in [3.05, 3.63) is 68.4 Å². The number of hydrogen-bond donors (Lipinski definition) is 0. The molecule has 122 valence electrons. The molecule has 1 aromatic heterocycles. The van der Waals surface area contributed by atoms with Crippen molar-refractivity contribution in [2.75, 3.05) is 0 Å². The van der Waals surface area contributed by atoms with Gasteiger partial charge in [-0.25, -0.2) is 4.39 Å². The molecule has 0 amide bonds. The largest absolute Gasteiger partial charge is 0.270 e. The molecule has 0 aliphatic carbocycles. The van der Waals surface area contributed by atoms with Gasteiger partial charge in [0, 0.05) is 22.4 Å². The molecular weight excluding hydrogens is 401 g/mol. The van der Waals surface area contributed by atoms with Crippen molar-refractivity contribution in [1.29, 1.82) is 0 Å². The zero-order chi connectivity index (χ0) is 17.1. The van der Waals surface area contributed by atoms with Crippen molar-refractivity contribution in [3.63, 3.8) is 0 Å². The van der Waals surface area contributed by atoms with Crippen LogP contribution in [0.4, 0.5) is 10.1 Å². The van der Waals surface area contributed by atoms with E-state index in [1.54, 1.807) is 18.2 Å². The van der Waals surface area contributed by atoms with Crippen molar-refractivity contribution >= 4 is 33.4 Å². The number of halogens is 2. The number of hydrogen-bond acceptors (Lipinski definition) is 6. The first-order valence-electron chi connectivity index (χ1n) is 6.64. The van der Waals surface area contributed by atoms with Crippen LogP contribution in [0.25, 0.3) is 5.69 Å². The Morgan fingerprint density at radius 1 is 1.25 bits per heavy atom. The van der Waals surface area contributed by atoms with Crippen LogP contribution in [0.5, 0.6) is 0 Å². The fraction of sp³-hybridized carbons (Fsp3) is 0.0714. The molecule has 0 radical (unpaired) electrons.